The number of para-hydroxylation sites is 1. The number of carbonyl (C=O) groups is 2. The molecule has 0 fully saturated rings. The van der Waals surface area contributed by atoms with Crippen molar-refractivity contribution in [1.82, 2.24) is 10.2 Å². The van der Waals surface area contributed by atoms with Crippen molar-refractivity contribution in [2.45, 2.75) is 44.2 Å². The molecular weight excluding hydrogens is 590 g/mol. The van der Waals surface area contributed by atoms with Crippen LogP contribution in [0.15, 0.2) is 114 Å². The Morgan fingerprint density at radius 1 is 0.778 bits per heavy atom. The maximum absolute atomic E-state index is 14.2. The first-order chi connectivity index (χ1) is 21.8. The van der Waals surface area contributed by atoms with E-state index in [4.69, 9.17) is 9.47 Å². The maximum Gasteiger partial charge on any atom is 0.264 e. The number of nitrogens with one attached hydrogen (secondary N) is 1. The molecule has 0 aliphatic carbocycles. The van der Waals surface area contributed by atoms with Gasteiger partial charge < -0.3 is 19.7 Å². The maximum atomic E-state index is 14.2. The number of ether oxygens (including phenoxy) is 2. The summed E-state index contributed by atoms with van der Waals surface area (Å²) < 4.78 is 40.3. The number of methoxy groups -OCH3 is 1. The lowest BCUT2D eigenvalue weighted by Gasteiger charge is -2.33. The average Bonchev–Trinajstić information content (AvgIpc) is 3.07. The highest BCUT2D eigenvalue weighted by Crippen LogP contribution is 2.29. The number of benzene rings is 4. The van der Waals surface area contributed by atoms with Gasteiger partial charge in [0.25, 0.3) is 10.0 Å². The van der Waals surface area contributed by atoms with Gasteiger partial charge in [0.1, 0.15) is 29.8 Å². The Hall–Kier alpha value is -4.83. The summed E-state index contributed by atoms with van der Waals surface area (Å²) >= 11 is 0. The highest BCUT2D eigenvalue weighted by Gasteiger charge is 2.33. The van der Waals surface area contributed by atoms with Gasteiger partial charge in [-0.25, -0.2) is 8.42 Å². The third-order valence-electron chi connectivity index (χ3n) is 7.16. The number of anilines is 1. The van der Waals surface area contributed by atoms with Crippen molar-refractivity contribution >= 4 is 27.5 Å². The molecule has 9 nitrogen and oxygen atoms in total. The minimum atomic E-state index is -4.18. The topological polar surface area (TPSA) is 105 Å². The van der Waals surface area contributed by atoms with Crippen LogP contribution in [0, 0.1) is 0 Å². The van der Waals surface area contributed by atoms with Crippen LogP contribution in [0.4, 0.5) is 5.69 Å². The van der Waals surface area contributed by atoms with E-state index in [0.29, 0.717) is 30.2 Å². The largest absolute Gasteiger partial charge is 0.497 e. The van der Waals surface area contributed by atoms with Gasteiger partial charge in [0, 0.05) is 13.1 Å². The van der Waals surface area contributed by atoms with Gasteiger partial charge in [-0.05, 0) is 79.1 Å². The van der Waals surface area contributed by atoms with E-state index < -0.39 is 28.5 Å². The summed E-state index contributed by atoms with van der Waals surface area (Å²) in [5.41, 5.74) is 1.05. The van der Waals surface area contributed by atoms with Gasteiger partial charge in [0.05, 0.1) is 17.7 Å². The molecule has 10 heteroatoms. The summed E-state index contributed by atoms with van der Waals surface area (Å²) in [6, 6.07) is 30.1. The van der Waals surface area contributed by atoms with Crippen molar-refractivity contribution in [3.05, 3.63) is 115 Å². The molecule has 0 saturated carbocycles. The quantitative estimate of drug-likeness (QED) is 0.173. The van der Waals surface area contributed by atoms with Crippen molar-refractivity contribution in [2.75, 3.05) is 24.5 Å². The Balaban J connectivity index is 1.70. The van der Waals surface area contributed by atoms with Crippen LogP contribution in [0.3, 0.4) is 0 Å². The summed E-state index contributed by atoms with van der Waals surface area (Å²) in [5, 5.41) is 2.89. The predicted molar refractivity (Wildman–Crippen MR) is 175 cm³/mol. The highest BCUT2D eigenvalue weighted by molar-refractivity contribution is 7.92. The van der Waals surface area contributed by atoms with Crippen molar-refractivity contribution in [2.24, 2.45) is 0 Å². The lowest BCUT2D eigenvalue weighted by molar-refractivity contribution is -0.140. The van der Waals surface area contributed by atoms with E-state index in [1.165, 1.54) is 17.0 Å². The van der Waals surface area contributed by atoms with Gasteiger partial charge in [-0.15, -0.1) is 0 Å². The molecule has 4 aromatic carbocycles. The summed E-state index contributed by atoms with van der Waals surface area (Å²) in [5.74, 6) is 0.988. The van der Waals surface area contributed by atoms with Crippen molar-refractivity contribution in [3.63, 3.8) is 0 Å². The average molecular weight is 630 g/mol. The zero-order valence-electron chi connectivity index (χ0n) is 25.8. The van der Waals surface area contributed by atoms with E-state index in [9.17, 15) is 18.0 Å². The molecular formula is C35H39N3O6S. The highest BCUT2D eigenvalue weighted by atomic mass is 32.2. The molecule has 0 bridgehead atoms. The van der Waals surface area contributed by atoms with E-state index in [1.807, 2.05) is 56.3 Å². The second kappa shape index (κ2) is 15.8. The zero-order chi connectivity index (χ0) is 32.2. The molecule has 236 valence electrons. The lowest BCUT2D eigenvalue weighted by Crippen LogP contribution is -2.52. The molecule has 45 heavy (non-hydrogen) atoms. The van der Waals surface area contributed by atoms with Crippen LogP contribution in [0.5, 0.6) is 17.2 Å². The Morgan fingerprint density at radius 2 is 1.36 bits per heavy atom. The van der Waals surface area contributed by atoms with Crippen molar-refractivity contribution < 1.29 is 27.5 Å². The molecule has 0 aromatic heterocycles. The van der Waals surface area contributed by atoms with E-state index in [2.05, 4.69) is 5.32 Å². The molecule has 4 rings (SSSR count). The Morgan fingerprint density at radius 3 is 1.93 bits per heavy atom. The fraction of sp³-hybridized carbons (Fsp3) is 0.257. The molecule has 1 unspecified atom stereocenters. The summed E-state index contributed by atoms with van der Waals surface area (Å²) in [4.78, 5) is 29.0. The van der Waals surface area contributed by atoms with Gasteiger partial charge in [0.15, 0.2) is 0 Å². The van der Waals surface area contributed by atoms with Crippen LogP contribution in [0.1, 0.15) is 32.3 Å². The summed E-state index contributed by atoms with van der Waals surface area (Å²) in [7, 11) is -2.61. The van der Waals surface area contributed by atoms with Crippen LogP contribution in [0.25, 0.3) is 0 Å². The molecule has 0 aliphatic rings. The molecule has 0 radical (unpaired) electrons. The van der Waals surface area contributed by atoms with E-state index in [0.717, 1.165) is 16.3 Å². The van der Waals surface area contributed by atoms with Crippen LogP contribution < -0.4 is 19.1 Å². The number of carbonyl (C=O) groups excluding carboxylic acids is 2. The molecule has 4 aromatic rings. The lowest BCUT2D eigenvalue weighted by atomic mass is 10.1. The van der Waals surface area contributed by atoms with E-state index in [-0.39, 0.29) is 23.0 Å². The molecule has 1 N–H and O–H groups in total. The zero-order valence-corrected chi connectivity index (χ0v) is 26.6. The second-order valence-electron chi connectivity index (χ2n) is 10.3. The molecule has 0 heterocycles. The number of hydrogen-bond acceptors (Lipinski definition) is 6. The Bertz CT molecular complexity index is 1630. The first kappa shape index (κ1) is 33.1. The normalized spacial score (nSPS) is 11.7. The Kier molecular flexibility index (Phi) is 11.6. The van der Waals surface area contributed by atoms with Gasteiger partial charge in [0.2, 0.25) is 11.8 Å². The molecule has 2 amide bonds. The number of nitrogens with zero attached hydrogens (tertiary/aromatic N) is 2. The minimum Gasteiger partial charge on any atom is -0.497 e. The molecule has 0 aliphatic heterocycles. The monoisotopic (exact) mass is 629 g/mol. The number of rotatable bonds is 15. The molecule has 0 saturated heterocycles. The SMILES string of the molecule is CCCNC(=O)C(CC)N(Cc1ccc(OC)cc1)C(=O)CN(c1ccc(Oc2ccccc2)cc1)S(=O)(=O)c1ccccc1. The third kappa shape index (κ3) is 8.63. The molecule has 1 atom stereocenters. The summed E-state index contributed by atoms with van der Waals surface area (Å²) in [6.07, 6.45) is 1.08. The van der Waals surface area contributed by atoms with Gasteiger partial charge in [-0.2, -0.15) is 0 Å². The van der Waals surface area contributed by atoms with E-state index >= 15 is 0 Å². The molecule has 0 spiro atoms. The summed E-state index contributed by atoms with van der Waals surface area (Å²) in [6.45, 7) is 3.82. The fourth-order valence-corrected chi connectivity index (χ4v) is 6.20. The fourth-order valence-electron chi connectivity index (χ4n) is 4.77. The smallest absolute Gasteiger partial charge is 0.264 e. The first-order valence-electron chi connectivity index (χ1n) is 14.9. The van der Waals surface area contributed by atoms with Crippen LogP contribution in [-0.2, 0) is 26.2 Å². The number of hydrogen-bond donors (Lipinski definition) is 1. The van der Waals surface area contributed by atoms with Gasteiger partial charge in [-0.3, -0.25) is 13.9 Å². The number of amides is 2. The van der Waals surface area contributed by atoms with Gasteiger partial charge >= 0.3 is 0 Å². The van der Waals surface area contributed by atoms with Crippen LogP contribution >= 0.6 is 0 Å². The van der Waals surface area contributed by atoms with Crippen molar-refractivity contribution in [3.8, 4) is 17.2 Å². The standard InChI is InChI=1S/C35H39N3O6S/c1-4-24-36-35(40)33(5-2)37(25-27-16-20-29(43-3)21-17-27)34(39)26-38(45(41,42)32-14-10-7-11-15-32)28-18-22-31(23-19-28)44-30-12-8-6-9-13-30/h6-23,33H,4-5,24-26H2,1-3H3,(H,36,40). The predicted octanol–water partition coefficient (Wildman–Crippen LogP) is 6.02. The second-order valence-corrected chi connectivity index (χ2v) is 12.2. The minimum absolute atomic E-state index is 0.0387. The van der Waals surface area contributed by atoms with Crippen molar-refractivity contribution in [1.29, 1.82) is 0 Å². The van der Waals surface area contributed by atoms with Crippen LogP contribution in [0.2, 0.25) is 0 Å². The third-order valence-corrected chi connectivity index (χ3v) is 8.95. The Labute approximate surface area is 265 Å². The first-order valence-corrected chi connectivity index (χ1v) is 16.3. The number of sulfonamides is 1. The van der Waals surface area contributed by atoms with Gasteiger partial charge in [-0.1, -0.05) is 62.4 Å². The van der Waals surface area contributed by atoms with E-state index in [1.54, 1.807) is 61.7 Å². The van der Waals surface area contributed by atoms with Crippen LogP contribution in [-0.4, -0.2) is 51.4 Å².